The van der Waals surface area contributed by atoms with E-state index in [-0.39, 0.29) is 18.3 Å². The first-order valence-electron chi connectivity index (χ1n) is 7.50. The number of anilines is 1. The molecule has 1 amide bonds. The van der Waals surface area contributed by atoms with Gasteiger partial charge in [0.2, 0.25) is 5.91 Å². The lowest BCUT2D eigenvalue weighted by molar-refractivity contribution is -0.127. The summed E-state index contributed by atoms with van der Waals surface area (Å²) >= 11 is 0. The summed E-state index contributed by atoms with van der Waals surface area (Å²) < 4.78 is 0. The quantitative estimate of drug-likeness (QED) is 0.864. The summed E-state index contributed by atoms with van der Waals surface area (Å²) in [6.45, 7) is 8.78. The number of carbonyl (C=O) groups is 1. The molecule has 1 aromatic carbocycles. The number of benzene rings is 1. The van der Waals surface area contributed by atoms with Crippen LogP contribution in [0.3, 0.4) is 0 Å². The highest BCUT2D eigenvalue weighted by atomic mass is 35.5. The van der Waals surface area contributed by atoms with Gasteiger partial charge in [-0.15, -0.1) is 12.4 Å². The van der Waals surface area contributed by atoms with E-state index in [2.05, 4.69) is 26.0 Å². The maximum Gasteiger partial charge on any atom is 0.234 e. The van der Waals surface area contributed by atoms with Crippen molar-refractivity contribution in [2.45, 2.75) is 46.5 Å². The van der Waals surface area contributed by atoms with Crippen molar-refractivity contribution < 1.29 is 4.79 Å². The van der Waals surface area contributed by atoms with Crippen LogP contribution in [0.2, 0.25) is 0 Å². The molecular formula is C17H29ClN2O. The van der Waals surface area contributed by atoms with E-state index < -0.39 is 5.41 Å². The number of nitrogens with two attached hydrogens (primary N) is 1. The first kappa shape index (κ1) is 19.9. The van der Waals surface area contributed by atoms with Gasteiger partial charge in [0.25, 0.3) is 0 Å². The molecule has 0 bridgehead atoms. The summed E-state index contributed by atoms with van der Waals surface area (Å²) in [4.78, 5) is 14.5. The minimum Gasteiger partial charge on any atom is -0.329 e. The molecular weight excluding hydrogens is 284 g/mol. The van der Waals surface area contributed by atoms with E-state index in [4.69, 9.17) is 5.73 Å². The highest BCUT2D eigenvalue weighted by molar-refractivity contribution is 5.97. The van der Waals surface area contributed by atoms with Crippen LogP contribution in [0.15, 0.2) is 24.3 Å². The number of hydrogen-bond acceptors (Lipinski definition) is 2. The first-order chi connectivity index (χ1) is 9.41. The molecule has 3 nitrogen and oxygen atoms in total. The molecule has 0 aliphatic heterocycles. The van der Waals surface area contributed by atoms with Crippen molar-refractivity contribution in [3.05, 3.63) is 29.8 Å². The van der Waals surface area contributed by atoms with Gasteiger partial charge in [0, 0.05) is 19.3 Å². The lowest BCUT2D eigenvalue weighted by Gasteiger charge is -2.33. The molecule has 0 aliphatic carbocycles. The fourth-order valence-corrected chi connectivity index (χ4v) is 2.49. The van der Waals surface area contributed by atoms with Crippen molar-refractivity contribution in [2.75, 3.05) is 18.5 Å². The zero-order chi connectivity index (χ0) is 15.3. The molecule has 0 unspecified atom stereocenters. The van der Waals surface area contributed by atoms with Crippen molar-refractivity contribution >= 4 is 24.0 Å². The molecule has 2 N–H and O–H groups in total. The van der Waals surface area contributed by atoms with Crippen molar-refractivity contribution in [1.82, 2.24) is 0 Å². The lowest BCUT2D eigenvalue weighted by Crippen LogP contribution is -2.46. The van der Waals surface area contributed by atoms with Gasteiger partial charge in [-0.25, -0.2) is 0 Å². The number of amides is 1. The van der Waals surface area contributed by atoms with Gasteiger partial charge in [-0.05, 0) is 36.5 Å². The van der Waals surface area contributed by atoms with Crippen molar-refractivity contribution in [1.29, 1.82) is 0 Å². The number of carbonyl (C=O) groups excluding carboxylic acids is 1. The van der Waals surface area contributed by atoms with Gasteiger partial charge in [-0.3, -0.25) is 4.79 Å². The Hall–Kier alpha value is -1.06. The summed E-state index contributed by atoms with van der Waals surface area (Å²) in [6, 6.07) is 8.18. The van der Waals surface area contributed by atoms with Crippen molar-refractivity contribution in [3.8, 4) is 0 Å². The third-order valence-electron chi connectivity index (χ3n) is 4.43. The van der Waals surface area contributed by atoms with E-state index in [1.54, 1.807) is 4.90 Å². The Morgan fingerprint density at radius 2 is 1.86 bits per heavy atom. The molecule has 21 heavy (non-hydrogen) atoms. The van der Waals surface area contributed by atoms with Crippen LogP contribution >= 0.6 is 12.4 Å². The van der Waals surface area contributed by atoms with Crippen molar-refractivity contribution in [3.63, 3.8) is 0 Å². The summed E-state index contributed by atoms with van der Waals surface area (Å²) in [5, 5.41) is 0. The van der Waals surface area contributed by atoms with Crippen LogP contribution in [0.1, 0.15) is 52.0 Å². The van der Waals surface area contributed by atoms with E-state index >= 15 is 0 Å². The predicted octanol–water partition coefficient (Wildman–Crippen LogP) is 3.96. The number of hydrogen-bond donors (Lipinski definition) is 1. The Morgan fingerprint density at radius 3 is 2.29 bits per heavy atom. The molecule has 0 fully saturated rings. The average molecular weight is 313 g/mol. The highest BCUT2D eigenvalue weighted by Crippen LogP contribution is 2.30. The van der Waals surface area contributed by atoms with Crippen molar-refractivity contribution in [2.24, 2.45) is 11.1 Å². The normalized spacial score (nSPS) is 11.2. The second-order valence-electron chi connectivity index (χ2n) is 5.81. The molecule has 0 saturated carbocycles. The number of rotatable bonds is 6. The first-order valence-corrected chi connectivity index (χ1v) is 7.50. The monoisotopic (exact) mass is 312 g/mol. The van der Waals surface area contributed by atoms with E-state index in [0.717, 1.165) is 18.5 Å². The Kier molecular flexibility index (Phi) is 7.98. The fourth-order valence-electron chi connectivity index (χ4n) is 2.49. The van der Waals surface area contributed by atoms with Crippen LogP contribution in [0, 0.1) is 5.41 Å². The maximum absolute atomic E-state index is 12.8. The summed E-state index contributed by atoms with van der Waals surface area (Å²) in [7, 11) is 1.84. The molecule has 1 rings (SSSR count). The molecule has 0 heterocycles. The SMILES string of the molecule is CCC(CC)(CN)C(=O)N(C)c1cccc(C(C)C)c1.Cl. The van der Waals surface area contributed by atoms with Crippen LogP contribution in [-0.2, 0) is 4.79 Å². The largest absolute Gasteiger partial charge is 0.329 e. The van der Waals surface area contributed by atoms with Gasteiger partial charge in [0.1, 0.15) is 0 Å². The molecule has 0 atom stereocenters. The third kappa shape index (κ3) is 4.21. The molecule has 0 spiro atoms. The fraction of sp³-hybridized carbons (Fsp3) is 0.588. The summed E-state index contributed by atoms with van der Waals surface area (Å²) in [6.07, 6.45) is 1.54. The average Bonchev–Trinajstić information content (AvgIpc) is 2.48. The van der Waals surface area contributed by atoms with Gasteiger partial charge >= 0.3 is 0 Å². The van der Waals surface area contributed by atoms with E-state index in [1.807, 2.05) is 33.0 Å². The second-order valence-corrected chi connectivity index (χ2v) is 5.81. The molecule has 120 valence electrons. The molecule has 4 heteroatoms. The molecule has 0 radical (unpaired) electrons. The van der Waals surface area contributed by atoms with Gasteiger partial charge in [0.05, 0.1) is 5.41 Å². The standard InChI is InChI=1S/C17H28N2O.ClH/c1-6-17(7-2,12-18)16(20)19(5)15-10-8-9-14(11-15)13(3)4;/h8-11,13H,6-7,12,18H2,1-5H3;1H. The van der Waals surface area contributed by atoms with Gasteiger partial charge < -0.3 is 10.6 Å². The number of nitrogens with zero attached hydrogens (tertiary/aromatic N) is 1. The van der Waals surface area contributed by atoms with Crippen LogP contribution in [0.4, 0.5) is 5.69 Å². The lowest BCUT2D eigenvalue weighted by atomic mass is 9.81. The van der Waals surface area contributed by atoms with E-state index in [9.17, 15) is 4.79 Å². The second kappa shape index (κ2) is 8.40. The van der Waals surface area contributed by atoms with Gasteiger partial charge in [0.15, 0.2) is 0 Å². The topological polar surface area (TPSA) is 46.3 Å². The Bertz CT molecular complexity index is 448. The maximum atomic E-state index is 12.8. The zero-order valence-corrected chi connectivity index (χ0v) is 14.7. The van der Waals surface area contributed by atoms with Crippen LogP contribution < -0.4 is 10.6 Å². The van der Waals surface area contributed by atoms with Gasteiger partial charge in [-0.2, -0.15) is 0 Å². The summed E-state index contributed by atoms with van der Waals surface area (Å²) in [5.41, 5.74) is 7.62. The van der Waals surface area contributed by atoms with Crippen LogP contribution in [0.5, 0.6) is 0 Å². The minimum atomic E-state index is -0.442. The molecule has 0 saturated heterocycles. The third-order valence-corrected chi connectivity index (χ3v) is 4.43. The van der Waals surface area contributed by atoms with Gasteiger partial charge in [-0.1, -0.05) is 39.8 Å². The molecule has 1 aromatic rings. The minimum absolute atomic E-state index is 0. The highest BCUT2D eigenvalue weighted by Gasteiger charge is 2.36. The molecule has 0 aromatic heterocycles. The molecule has 0 aliphatic rings. The number of halogens is 1. The predicted molar refractivity (Wildman–Crippen MR) is 93.3 cm³/mol. The van der Waals surface area contributed by atoms with E-state index in [0.29, 0.717) is 12.5 Å². The zero-order valence-electron chi connectivity index (χ0n) is 13.8. The smallest absolute Gasteiger partial charge is 0.234 e. The Balaban J connectivity index is 0.00000400. The van der Waals surface area contributed by atoms with E-state index in [1.165, 1.54) is 5.56 Å². The van der Waals surface area contributed by atoms with Crippen LogP contribution in [-0.4, -0.2) is 19.5 Å². The summed E-state index contributed by atoms with van der Waals surface area (Å²) in [5.74, 6) is 0.570. The van der Waals surface area contributed by atoms with Crippen LogP contribution in [0.25, 0.3) is 0 Å². The Labute approximate surface area is 135 Å². The Morgan fingerprint density at radius 1 is 1.29 bits per heavy atom.